The largest absolute Gasteiger partial charge is 0.459 e. The maximum absolute atomic E-state index is 13.3. The highest BCUT2D eigenvalue weighted by atomic mass is 31.2. The Morgan fingerprint density at radius 2 is 1.00 bits per heavy atom. The van der Waals surface area contributed by atoms with Gasteiger partial charge in [-0.05, 0) is 76.9 Å². The van der Waals surface area contributed by atoms with Crippen LogP contribution in [0.5, 0.6) is 0 Å². The third-order valence-electron chi connectivity index (χ3n) is 5.92. The molecule has 272 valence electrons. The predicted octanol–water partition coefficient (Wildman–Crippen LogP) is 3.74. The van der Waals surface area contributed by atoms with Crippen LogP contribution in [0.4, 0.5) is 11.4 Å². The Labute approximate surface area is 285 Å². The van der Waals surface area contributed by atoms with Crippen molar-refractivity contribution < 1.29 is 56.6 Å². The first-order valence-electron chi connectivity index (χ1n) is 15.1. The van der Waals surface area contributed by atoms with Gasteiger partial charge in [0.1, 0.15) is 23.3 Å². The van der Waals surface area contributed by atoms with Crippen molar-refractivity contribution in [1.29, 1.82) is 0 Å². The second kappa shape index (κ2) is 17.5. The van der Waals surface area contributed by atoms with Gasteiger partial charge in [0.2, 0.25) is 11.8 Å². The molecule has 49 heavy (non-hydrogen) atoms. The molecule has 0 aliphatic rings. The fourth-order valence-electron chi connectivity index (χ4n) is 3.80. The molecule has 0 saturated carbocycles. The topological polar surface area (TPSA) is 256 Å². The number of anilines is 2. The van der Waals surface area contributed by atoms with Crippen LogP contribution in [0.1, 0.15) is 65.5 Å². The third-order valence-corrected chi connectivity index (χ3v) is 9.82. The van der Waals surface area contributed by atoms with E-state index in [9.17, 15) is 38.1 Å². The van der Waals surface area contributed by atoms with Crippen LogP contribution in [0.25, 0.3) is 0 Å². The van der Waals surface area contributed by atoms with Crippen molar-refractivity contribution in [3.8, 4) is 0 Å². The van der Waals surface area contributed by atoms with Crippen LogP contribution in [-0.2, 0) is 60.0 Å². The molecule has 2 amide bonds. The van der Waals surface area contributed by atoms with E-state index in [2.05, 4.69) is 10.6 Å². The monoisotopic (exact) mass is 728 g/mol. The van der Waals surface area contributed by atoms with Crippen molar-refractivity contribution in [3.05, 3.63) is 59.7 Å². The molecule has 0 saturated heterocycles. The van der Waals surface area contributed by atoms with E-state index in [1.54, 1.807) is 41.5 Å². The molecule has 0 radical (unpaired) electrons. The van der Waals surface area contributed by atoms with Gasteiger partial charge in [0.05, 0.1) is 26.1 Å². The van der Waals surface area contributed by atoms with Crippen LogP contribution in [0.2, 0.25) is 0 Å². The highest BCUT2D eigenvalue weighted by Gasteiger charge is 2.35. The Bertz CT molecular complexity index is 1450. The van der Waals surface area contributed by atoms with Crippen molar-refractivity contribution in [2.75, 3.05) is 16.5 Å². The summed E-state index contributed by atoms with van der Waals surface area (Å²) in [5.74, 6) is -3.65. The average Bonchev–Trinajstić information content (AvgIpc) is 2.93. The molecule has 0 aromatic heterocycles. The number of ether oxygens (including phenoxy) is 2. The average molecular weight is 729 g/mol. The van der Waals surface area contributed by atoms with Crippen molar-refractivity contribution in [3.63, 3.8) is 0 Å². The molecule has 0 heterocycles. The van der Waals surface area contributed by atoms with Crippen LogP contribution < -0.4 is 22.1 Å². The Hall–Kier alpha value is -3.46. The molecule has 2 aromatic rings. The molecule has 0 aliphatic carbocycles. The molecule has 2 aromatic carbocycles. The lowest BCUT2D eigenvalue weighted by molar-refractivity contribution is -0.158. The minimum absolute atomic E-state index is 0.315. The number of benzene rings is 2. The molecule has 2 rings (SSSR count). The molecule has 18 heteroatoms. The maximum atomic E-state index is 13.3. The lowest BCUT2D eigenvalue weighted by atomic mass is 10.1. The Morgan fingerprint density at radius 1 is 0.673 bits per heavy atom. The van der Waals surface area contributed by atoms with Gasteiger partial charge in [0.25, 0.3) is 0 Å². The molecule has 2 atom stereocenters. The van der Waals surface area contributed by atoms with Crippen LogP contribution in [-0.4, -0.2) is 62.7 Å². The van der Waals surface area contributed by atoms with Gasteiger partial charge in [-0.2, -0.15) is 0 Å². The molecule has 0 fully saturated rings. The fraction of sp³-hybridized carbons (Fsp3) is 0.484. The summed E-state index contributed by atoms with van der Waals surface area (Å²) >= 11 is 0. The molecule has 8 N–H and O–H groups in total. The van der Waals surface area contributed by atoms with Gasteiger partial charge in [0, 0.05) is 11.4 Å². The van der Waals surface area contributed by atoms with Gasteiger partial charge >= 0.3 is 27.1 Å². The summed E-state index contributed by atoms with van der Waals surface area (Å²) in [6.07, 6.45) is -0.630. The van der Waals surface area contributed by atoms with Gasteiger partial charge in [-0.1, -0.05) is 24.3 Å². The highest BCUT2D eigenvalue weighted by molar-refractivity contribution is 7.70. The van der Waals surface area contributed by atoms with E-state index in [-0.39, 0.29) is 26.1 Å². The van der Waals surface area contributed by atoms with Gasteiger partial charge < -0.3 is 50.4 Å². The van der Waals surface area contributed by atoms with E-state index >= 15 is 0 Å². The van der Waals surface area contributed by atoms with Crippen molar-refractivity contribution >= 4 is 50.3 Å². The summed E-state index contributed by atoms with van der Waals surface area (Å²) in [7, 11) is -9.17. The zero-order valence-corrected chi connectivity index (χ0v) is 30.1. The number of carbonyl (C=O) groups is 4. The zero-order valence-electron chi connectivity index (χ0n) is 28.3. The highest BCUT2D eigenvalue weighted by Crippen LogP contribution is 2.59. The van der Waals surface area contributed by atoms with Crippen molar-refractivity contribution in [1.82, 2.24) is 0 Å². The number of hydrogen-bond donors (Lipinski definition) is 6. The summed E-state index contributed by atoms with van der Waals surface area (Å²) in [5.41, 5.74) is 11.7. The maximum Gasteiger partial charge on any atom is 0.343 e. The number of amides is 2. The Kier molecular flexibility index (Phi) is 14.9. The molecule has 0 unspecified atom stereocenters. The van der Waals surface area contributed by atoms with Crippen molar-refractivity contribution in [2.45, 2.75) is 90.9 Å². The van der Waals surface area contributed by atoms with E-state index in [4.69, 9.17) is 30.0 Å². The van der Waals surface area contributed by atoms with Crippen LogP contribution >= 0.6 is 15.2 Å². The number of nitrogens with two attached hydrogens (primary N) is 2. The van der Waals surface area contributed by atoms with Crippen LogP contribution in [0, 0.1) is 0 Å². The van der Waals surface area contributed by atoms with Crippen LogP contribution in [0.15, 0.2) is 48.5 Å². The zero-order chi connectivity index (χ0) is 37.2. The fourth-order valence-corrected chi connectivity index (χ4v) is 7.03. The van der Waals surface area contributed by atoms with Gasteiger partial charge in [-0.3, -0.25) is 28.3 Å². The van der Waals surface area contributed by atoms with Crippen LogP contribution in [0.3, 0.4) is 0 Å². The summed E-state index contributed by atoms with van der Waals surface area (Å²) in [5, 5.41) is 5.19. The Balaban J connectivity index is 1.94. The van der Waals surface area contributed by atoms with E-state index in [0.717, 1.165) is 0 Å². The number of hydrogen-bond acceptors (Lipinski definition) is 12. The molecule has 0 aliphatic heterocycles. The standard InChI is InChI=1S/C31H46N4O12P2/c1-30(2,3)46-28(38)24(32)15-26(36)34-22-11-7-20(8-12-22)17-44-49(43,19-48(40,41)42)45-18-21-9-13-23(14-10-21)35-27(37)16-25(33)29(39)47-31(4,5)6/h7-14,24-25H,15-19,32-33H2,1-6H3,(H,34,36)(H,35,37)(H2,40,41,42)/t24-,25-/m0/s1. The SMILES string of the molecule is CC(C)(C)OC(=O)[C@@H](N)CC(=O)Nc1ccc(COP(=O)(CP(=O)(O)O)OCc2ccc(NC(=O)C[C@H](N)C(=O)OC(C)(C)C)cc2)cc1. The molecule has 0 bridgehead atoms. The number of carbonyl (C=O) groups excluding carboxylic acids is 4. The number of esters is 2. The minimum atomic E-state index is -4.83. The van der Waals surface area contributed by atoms with Gasteiger partial charge in [-0.25, -0.2) is 0 Å². The first-order valence-corrected chi connectivity index (χ1v) is 18.6. The van der Waals surface area contributed by atoms with E-state index in [0.29, 0.717) is 22.5 Å². The summed E-state index contributed by atoms with van der Waals surface area (Å²) in [4.78, 5) is 67.8. The predicted molar refractivity (Wildman–Crippen MR) is 181 cm³/mol. The van der Waals surface area contributed by atoms with E-state index in [1.165, 1.54) is 48.5 Å². The third kappa shape index (κ3) is 17.2. The summed E-state index contributed by atoms with van der Waals surface area (Å²) in [6.45, 7) is 9.40. The van der Waals surface area contributed by atoms with Gasteiger partial charge in [0.15, 0.2) is 5.90 Å². The normalized spacial score (nSPS) is 13.6. The lowest BCUT2D eigenvalue weighted by Gasteiger charge is -2.22. The molecular formula is C31H46N4O12P2. The lowest BCUT2D eigenvalue weighted by Crippen LogP contribution is -2.39. The summed E-state index contributed by atoms with van der Waals surface area (Å²) < 4.78 is 46.2. The summed E-state index contributed by atoms with van der Waals surface area (Å²) in [6, 6.07) is 9.83. The van der Waals surface area contributed by atoms with E-state index < -0.39 is 68.1 Å². The van der Waals surface area contributed by atoms with Crippen molar-refractivity contribution in [2.24, 2.45) is 11.5 Å². The van der Waals surface area contributed by atoms with E-state index in [1.807, 2.05) is 0 Å². The number of rotatable bonds is 16. The minimum Gasteiger partial charge on any atom is -0.459 e. The molecule has 16 nitrogen and oxygen atoms in total. The quantitative estimate of drug-likeness (QED) is 0.106. The smallest absolute Gasteiger partial charge is 0.343 e. The molecular weight excluding hydrogens is 682 g/mol. The van der Waals surface area contributed by atoms with Gasteiger partial charge in [-0.15, -0.1) is 0 Å². The first kappa shape index (κ1) is 41.7. The second-order valence-electron chi connectivity index (χ2n) is 13.1. The Morgan fingerprint density at radius 3 is 1.29 bits per heavy atom. The molecule has 0 spiro atoms. The first-order chi connectivity index (χ1) is 22.4. The number of nitrogens with one attached hydrogen (secondary N) is 2. The second-order valence-corrected chi connectivity index (χ2v) is 17.3.